The molecule has 3 aromatic heterocycles. The Morgan fingerprint density at radius 2 is 0.786 bits per heavy atom. The summed E-state index contributed by atoms with van der Waals surface area (Å²) in [5.41, 5.74) is 17.4. The summed E-state index contributed by atoms with van der Waals surface area (Å²) in [7, 11) is 0. The summed E-state index contributed by atoms with van der Waals surface area (Å²) >= 11 is 0. The lowest BCUT2D eigenvalue weighted by Crippen LogP contribution is -2.33. The molecule has 0 spiro atoms. The van der Waals surface area contributed by atoms with E-state index in [0.29, 0.717) is 17.6 Å². The summed E-state index contributed by atoms with van der Waals surface area (Å²) in [6.45, 7) is 9.61. The number of benzene rings is 9. The average Bonchev–Trinajstić information content (AvgIpc) is 3.94. The van der Waals surface area contributed by atoms with Gasteiger partial charge in [-0.1, -0.05) is 210 Å². The fourth-order valence-corrected chi connectivity index (χ4v) is 11.2. The molecule has 1 aliphatic carbocycles. The van der Waals surface area contributed by atoms with Crippen molar-refractivity contribution < 1.29 is 0 Å². The minimum absolute atomic E-state index is 0.107. The molecule has 13 rings (SSSR count). The van der Waals surface area contributed by atoms with Crippen molar-refractivity contribution in [3.05, 3.63) is 223 Å². The van der Waals surface area contributed by atoms with E-state index in [1.807, 2.05) is 0 Å². The predicted molar refractivity (Wildman–Crippen MR) is 291 cm³/mol. The minimum atomic E-state index is 0.107. The van der Waals surface area contributed by atoms with Crippen LogP contribution in [0.1, 0.15) is 51.7 Å². The van der Waals surface area contributed by atoms with E-state index in [1.54, 1.807) is 0 Å². The van der Waals surface area contributed by atoms with E-state index in [1.165, 1.54) is 40.5 Å². The fourth-order valence-electron chi connectivity index (χ4n) is 11.2. The zero-order valence-corrected chi connectivity index (χ0v) is 39.9. The number of rotatable bonds is 7. The molecule has 0 unspecified atom stereocenters. The van der Waals surface area contributed by atoms with Crippen molar-refractivity contribution in [2.24, 2.45) is 0 Å². The lowest BCUT2D eigenvalue weighted by Gasteiger charge is -2.42. The van der Waals surface area contributed by atoms with E-state index < -0.39 is 0 Å². The Kier molecular flexibility index (Phi) is 9.60. The molecule has 0 fully saturated rings. The summed E-state index contributed by atoms with van der Waals surface area (Å²) in [6, 6.07) is 76.5. The summed E-state index contributed by atoms with van der Waals surface area (Å²) in [5, 5.41) is 4.61. The van der Waals surface area contributed by atoms with Crippen molar-refractivity contribution in [1.29, 1.82) is 0 Å². The van der Waals surface area contributed by atoms with Gasteiger partial charge in [0.15, 0.2) is 11.6 Å². The molecule has 0 radical (unpaired) electrons. The molecular weight excluding hydrogens is 851 g/mol. The number of para-hydroxylation sites is 2. The van der Waals surface area contributed by atoms with Crippen LogP contribution in [0.5, 0.6) is 0 Å². The van der Waals surface area contributed by atoms with Gasteiger partial charge in [0.25, 0.3) is 0 Å². The van der Waals surface area contributed by atoms with Crippen LogP contribution in [0.15, 0.2) is 212 Å². The van der Waals surface area contributed by atoms with Gasteiger partial charge in [0.2, 0.25) is 5.95 Å². The van der Waals surface area contributed by atoms with Gasteiger partial charge in [0, 0.05) is 38.4 Å². The quantitative estimate of drug-likeness (QED) is 0.160. The number of hydrogen-bond acceptors (Lipinski definition) is 3. The van der Waals surface area contributed by atoms with Gasteiger partial charge in [0.1, 0.15) is 0 Å². The van der Waals surface area contributed by atoms with E-state index in [-0.39, 0.29) is 10.8 Å². The van der Waals surface area contributed by atoms with Gasteiger partial charge in [0.05, 0.1) is 22.1 Å². The lowest BCUT2D eigenvalue weighted by molar-refractivity contribution is 0.332. The molecule has 5 heteroatoms. The standard InChI is InChI=1S/C65H51N5/c1-64(2)37-38-65(3,4)56-41-48(33-36-55(56)64)47-22-16-24-50(40-47)69-57-27-13-11-25-51(57)53-34-35-54-52-26-12-14-28-58(52)70(60(54)59(53)69)63-67-61(45-31-29-44(30-32-45)42-17-7-5-8-18-42)66-62(68-63)49-23-15-21-46(39-49)43-19-9-6-10-20-43/h5-36,39-41H,37-38H2,1-4H3. The molecule has 0 aliphatic heterocycles. The second-order valence-corrected chi connectivity index (χ2v) is 20.3. The van der Waals surface area contributed by atoms with Crippen molar-refractivity contribution in [2.75, 3.05) is 0 Å². The van der Waals surface area contributed by atoms with Crippen LogP contribution >= 0.6 is 0 Å². The maximum atomic E-state index is 5.48. The third-order valence-corrected chi connectivity index (χ3v) is 15.1. The Bertz CT molecular complexity index is 3990. The van der Waals surface area contributed by atoms with E-state index in [0.717, 1.165) is 77.3 Å². The summed E-state index contributed by atoms with van der Waals surface area (Å²) in [5.74, 6) is 1.77. The molecule has 12 aromatic rings. The van der Waals surface area contributed by atoms with Gasteiger partial charge in [-0.15, -0.1) is 0 Å². The molecular formula is C65H51N5. The van der Waals surface area contributed by atoms with Gasteiger partial charge in [-0.3, -0.25) is 4.57 Å². The number of aromatic nitrogens is 5. The maximum Gasteiger partial charge on any atom is 0.238 e. The molecule has 0 N–H and O–H groups in total. The molecule has 0 saturated carbocycles. The summed E-state index contributed by atoms with van der Waals surface area (Å²) < 4.78 is 4.75. The first kappa shape index (κ1) is 41.8. The van der Waals surface area contributed by atoms with Crippen LogP contribution in [0, 0.1) is 0 Å². The number of fused-ring (bicyclic) bond motifs is 8. The van der Waals surface area contributed by atoms with Gasteiger partial charge in [-0.25, -0.2) is 4.98 Å². The lowest BCUT2D eigenvalue weighted by atomic mass is 9.63. The molecule has 5 nitrogen and oxygen atoms in total. The summed E-state index contributed by atoms with van der Waals surface area (Å²) in [4.78, 5) is 16.2. The molecule has 3 heterocycles. The first-order valence-corrected chi connectivity index (χ1v) is 24.5. The SMILES string of the molecule is CC1(C)CCC(C)(C)c2cc(-c3cccc(-n4c5ccccc5c5ccc6c7ccccc7n(-c7nc(-c8ccc(-c9ccccc9)cc8)nc(-c8cccc(-c9ccccc9)c8)n7)c6c54)c3)ccc21. The number of hydrogen-bond donors (Lipinski definition) is 0. The molecule has 0 saturated heterocycles. The van der Waals surface area contributed by atoms with E-state index in [2.05, 4.69) is 249 Å². The monoisotopic (exact) mass is 901 g/mol. The minimum Gasteiger partial charge on any atom is -0.307 e. The van der Waals surface area contributed by atoms with Crippen LogP contribution in [0.25, 0.3) is 111 Å². The van der Waals surface area contributed by atoms with Crippen molar-refractivity contribution in [3.8, 4) is 67.8 Å². The van der Waals surface area contributed by atoms with Crippen LogP contribution in [0.2, 0.25) is 0 Å². The molecule has 1 aliphatic rings. The highest BCUT2D eigenvalue weighted by atomic mass is 15.2. The fraction of sp³-hybridized carbons (Fsp3) is 0.123. The Morgan fingerprint density at radius 3 is 1.46 bits per heavy atom. The molecule has 0 atom stereocenters. The van der Waals surface area contributed by atoms with Crippen LogP contribution in [-0.4, -0.2) is 24.1 Å². The topological polar surface area (TPSA) is 48.5 Å². The highest BCUT2D eigenvalue weighted by Crippen LogP contribution is 2.48. The zero-order chi connectivity index (χ0) is 47.1. The third-order valence-electron chi connectivity index (χ3n) is 15.1. The second-order valence-electron chi connectivity index (χ2n) is 20.3. The van der Waals surface area contributed by atoms with Gasteiger partial charge in [-0.2, -0.15) is 9.97 Å². The maximum absolute atomic E-state index is 5.48. The van der Waals surface area contributed by atoms with Gasteiger partial charge in [-0.05, 0) is 98.5 Å². The van der Waals surface area contributed by atoms with E-state index in [4.69, 9.17) is 15.0 Å². The van der Waals surface area contributed by atoms with Crippen molar-refractivity contribution in [2.45, 2.75) is 51.4 Å². The first-order valence-electron chi connectivity index (χ1n) is 24.5. The van der Waals surface area contributed by atoms with Gasteiger partial charge >= 0.3 is 0 Å². The van der Waals surface area contributed by atoms with Crippen LogP contribution < -0.4 is 0 Å². The largest absolute Gasteiger partial charge is 0.307 e. The van der Waals surface area contributed by atoms with Gasteiger partial charge < -0.3 is 4.57 Å². The molecule has 0 bridgehead atoms. The molecule has 0 amide bonds. The second kappa shape index (κ2) is 16.1. The van der Waals surface area contributed by atoms with Crippen molar-refractivity contribution in [3.63, 3.8) is 0 Å². The molecule has 336 valence electrons. The predicted octanol–water partition coefficient (Wildman–Crippen LogP) is 16.7. The van der Waals surface area contributed by atoms with Crippen LogP contribution in [-0.2, 0) is 10.8 Å². The van der Waals surface area contributed by atoms with Crippen molar-refractivity contribution in [1.82, 2.24) is 24.1 Å². The normalized spacial score (nSPS) is 14.1. The number of nitrogens with zero attached hydrogens (tertiary/aromatic N) is 5. The smallest absolute Gasteiger partial charge is 0.238 e. The third kappa shape index (κ3) is 6.87. The highest BCUT2D eigenvalue weighted by Gasteiger charge is 2.37. The van der Waals surface area contributed by atoms with Crippen LogP contribution in [0.4, 0.5) is 0 Å². The van der Waals surface area contributed by atoms with E-state index >= 15 is 0 Å². The van der Waals surface area contributed by atoms with E-state index in [9.17, 15) is 0 Å². The zero-order valence-electron chi connectivity index (χ0n) is 39.9. The molecule has 70 heavy (non-hydrogen) atoms. The Balaban J connectivity index is 1.06. The highest BCUT2D eigenvalue weighted by molar-refractivity contribution is 6.23. The average molecular weight is 902 g/mol. The Hall–Kier alpha value is -8.41. The van der Waals surface area contributed by atoms with Crippen LogP contribution in [0.3, 0.4) is 0 Å². The first-order chi connectivity index (χ1) is 34.2. The Labute approximate surface area is 408 Å². The van der Waals surface area contributed by atoms with Crippen molar-refractivity contribution >= 4 is 43.6 Å². The Morgan fingerprint density at radius 1 is 0.329 bits per heavy atom. The molecule has 9 aromatic carbocycles. The summed E-state index contributed by atoms with van der Waals surface area (Å²) in [6.07, 6.45) is 2.36.